The molecule has 18 heavy (non-hydrogen) atoms. The Bertz CT molecular complexity index is 486. The van der Waals surface area contributed by atoms with E-state index in [0.717, 1.165) is 29.3 Å². The third-order valence-corrected chi connectivity index (χ3v) is 4.59. The van der Waals surface area contributed by atoms with E-state index in [2.05, 4.69) is 10.3 Å². The van der Waals surface area contributed by atoms with Crippen LogP contribution in [0, 0.1) is 17.6 Å². The molecule has 5 heteroatoms. The van der Waals surface area contributed by atoms with Gasteiger partial charge in [-0.05, 0) is 36.5 Å². The van der Waals surface area contributed by atoms with Crippen LogP contribution in [0.3, 0.4) is 0 Å². The average molecular weight is 268 g/mol. The van der Waals surface area contributed by atoms with Crippen molar-refractivity contribution < 1.29 is 8.78 Å². The van der Waals surface area contributed by atoms with Gasteiger partial charge in [-0.1, -0.05) is 17.8 Å². The molecule has 1 atom stereocenters. The van der Waals surface area contributed by atoms with Gasteiger partial charge in [0.1, 0.15) is 0 Å². The summed E-state index contributed by atoms with van der Waals surface area (Å²) in [4.78, 5) is 4.43. The molecule has 1 fully saturated rings. The number of amidine groups is 1. The Morgan fingerprint density at radius 2 is 2.11 bits per heavy atom. The highest BCUT2D eigenvalue weighted by Gasteiger charge is 2.35. The SMILES string of the molecule is Fc1ccc(CNC2=NCC(C3CC3)S2)cc1F. The van der Waals surface area contributed by atoms with Gasteiger partial charge in [0.25, 0.3) is 0 Å². The van der Waals surface area contributed by atoms with Gasteiger partial charge in [-0.15, -0.1) is 0 Å². The van der Waals surface area contributed by atoms with Gasteiger partial charge in [0.15, 0.2) is 16.8 Å². The van der Waals surface area contributed by atoms with Gasteiger partial charge in [0, 0.05) is 11.8 Å². The van der Waals surface area contributed by atoms with Crippen molar-refractivity contribution >= 4 is 16.9 Å². The molecule has 0 saturated heterocycles. The van der Waals surface area contributed by atoms with Gasteiger partial charge < -0.3 is 5.32 Å². The van der Waals surface area contributed by atoms with E-state index in [1.165, 1.54) is 18.9 Å². The molecular weight excluding hydrogens is 254 g/mol. The maximum atomic E-state index is 13.0. The summed E-state index contributed by atoms with van der Waals surface area (Å²) in [6, 6.07) is 3.97. The molecule has 0 radical (unpaired) electrons. The Morgan fingerprint density at radius 3 is 2.83 bits per heavy atom. The first-order valence-corrected chi connectivity index (χ1v) is 6.99. The maximum absolute atomic E-state index is 13.0. The first-order chi connectivity index (χ1) is 8.72. The molecule has 0 amide bonds. The minimum atomic E-state index is -0.805. The Labute approximate surface area is 109 Å². The quantitative estimate of drug-likeness (QED) is 0.911. The van der Waals surface area contributed by atoms with E-state index < -0.39 is 11.6 Å². The lowest BCUT2D eigenvalue weighted by atomic mass is 10.2. The third kappa shape index (κ3) is 2.66. The zero-order valence-electron chi connectivity index (χ0n) is 9.83. The van der Waals surface area contributed by atoms with Crippen LogP contribution < -0.4 is 5.32 Å². The molecule has 1 unspecified atom stereocenters. The predicted molar refractivity (Wildman–Crippen MR) is 69.6 cm³/mol. The van der Waals surface area contributed by atoms with Gasteiger partial charge >= 0.3 is 0 Å². The highest BCUT2D eigenvalue weighted by molar-refractivity contribution is 8.14. The molecular formula is C13H14F2N2S. The van der Waals surface area contributed by atoms with Crippen LogP contribution in [-0.2, 0) is 6.54 Å². The largest absolute Gasteiger partial charge is 0.361 e. The molecule has 1 aliphatic carbocycles. The standard InChI is InChI=1S/C13H14F2N2S/c14-10-4-1-8(5-11(10)15)6-16-13-17-7-12(18-13)9-2-3-9/h1,4-5,9,12H,2-3,6-7H2,(H,16,17). The van der Waals surface area contributed by atoms with Crippen molar-refractivity contribution in [3.8, 4) is 0 Å². The molecule has 2 nitrogen and oxygen atoms in total. The summed E-state index contributed by atoms with van der Waals surface area (Å²) in [6.07, 6.45) is 2.65. The van der Waals surface area contributed by atoms with Gasteiger partial charge in [-0.2, -0.15) is 0 Å². The van der Waals surface area contributed by atoms with Gasteiger partial charge in [-0.3, -0.25) is 4.99 Å². The fraction of sp³-hybridized carbons (Fsp3) is 0.462. The monoisotopic (exact) mass is 268 g/mol. The molecule has 1 heterocycles. The number of nitrogens with one attached hydrogen (secondary N) is 1. The summed E-state index contributed by atoms with van der Waals surface area (Å²) in [5.41, 5.74) is 0.729. The second-order valence-electron chi connectivity index (χ2n) is 4.74. The fourth-order valence-electron chi connectivity index (χ4n) is 2.03. The normalized spacial score (nSPS) is 23.0. The Kier molecular flexibility index (Phi) is 3.24. The molecule has 1 aromatic carbocycles. The zero-order valence-corrected chi connectivity index (χ0v) is 10.6. The molecule has 1 aromatic rings. The first-order valence-electron chi connectivity index (χ1n) is 6.11. The van der Waals surface area contributed by atoms with Crippen molar-refractivity contribution in [2.24, 2.45) is 10.9 Å². The number of nitrogens with zero attached hydrogens (tertiary/aromatic N) is 1. The number of thioether (sulfide) groups is 1. The van der Waals surface area contributed by atoms with Crippen molar-refractivity contribution in [1.82, 2.24) is 5.32 Å². The number of benzene rings is 1. The molecule has 2 aliphatic rings. The van der Waals surface area contributed by atoms with Crippen LogP contribution in [0.1, 0.15) is 18.4 Å². The number of aliphatic imine (C=N–C) groups is 1. The molecule has 1 saturated carbocycles. The highest BCUT2D eigenvalue weighted by Crippen LogP contribution is 2.41. The average Bonchev–Trinajstić information content (AvgIpc) is 3.11. The summed E-state index contributed by atoms with van der Waals surface area (Å²) >= 11 is 1.78. The maximum Gasteiger partial charge on any atom is 0.159 e. The summed E-state index contributed by atoms with van der Waals surface area (Å²) in [7, 11) is 0. The zero-order chi connectivity index (χ0) is 12.5. The number of rotatable bonds is 3. The highest BCUT2D eigenvalue weighted by atomic mass is 32.2. The van der Waals surface area contributed by atoms with E-state index in [9.17, 15) is 8.78 Å². The number of halogens is 2. The number of hydrogen-bond donors (Lipinski definition) is 1. The van der Waals surface area contributed by atoms with Crippen LogP contribution in [0.2, 0.25) is 0 Å². The van der Waals surface area contributed by atoms with E-state index >= 15 is 0 Å². The second-order valence-corrected chi connectivity index (χ2v) is 5.97. The van der Waals surface area contributed by atoms with Crippen molar-refractivity contribution in [3.63, 3.8) is 0 Å². The molecule has 1 aliphatic heterocycles. The lowest BCUT2D eigenvalue weighted by molar-refractivity contribution is 0.507. The van der Waals surface area contributed by atoms with Crippen LogP contribution in [0.5, 0.6) is 0 Å². The number of hydrogen-bond acceptors (Lipinski definition) is 3. The third-order valence-electron chi connectivity index (χ3n) is 3.25. The van der Waals surface area contributed by atoms with Gasteiger partial charge in [0.05, 0.1) is 6.54 Å². The summed E-state index contributed by atoms with van der Waals surface area (Å²) in [5, 5.41) is 4.73. The summed E-state index contributed by atoms with van der Waals surface area (Å²) in [5.74, 6) is -0.771. The summed E-state index contributed by atoms with van der Waals surface area (Å²) < 4.78 is 25.8. The van der Waals surface area contributed by atoms with E-state index in [1.54, 1.807) is 17.8 Å². The minimum Gasteiger partial charge on any atom is -0.361 e. The summed E-state index contributed by atoms with van der Waals surface area (Å²) in [6.45, 7) is 1.37. The van der Waals surface area contributed by atoms with Crippen molar-refractivity contribution in [2.75, 3.05) is 6.54 Å². The second kappa shape index (κ2) is 4.88. The molecule has 3 rings (SSSR count). The molecule has 1 N–H and O–H groups in total. The van der Waals surface area contributed by atoms with Crippen LogP contribution in [-0.4, -0.2) is 17.0 Å². The van der Waals surface area contributed by atoms with E-state index in [4.69, 9.17) is 0 Å². The fourth-order valence-corrected chi connectivity index (χ4v) is 3.23. The van der Waals surface area contributed by atoms with Crippen LogP contribution in [0.4, 0.5) is 8.78 Å². The molecule has 96 valence electrons. The van der Waals surface area contributed by atoms with Crippen molar-refractivity contribution in [1.29, 1.82) is 0 Å². The first kappa shape index (κ1) is 12.0. The van der Waals surface area contributed by atoms with Crippen molar-refractivity contribution in [2.45, 2.75) is 24.6 Å². The Morgan fingerprint density at radius 1 is 1.28 bits per heavy atom. The van der Waals surface area contributed by atoms with Crippen LogP contribution in [0.15, 0.2) is 23.2 Å². The minimum absolute atomic E-state index is 0.487. The lowest BCUT2D eigenvalue weighted by Crippen LogP contribution is -2.19. The predicted octanol–water partition coefficient (Wildman–Crippen LogP) is 2.94. The Balaban J connectivity index is 1.53. The van der Waals surface area contributed by atoms with E-state index in [-0.39, 0.29) is 0 Å². The van der Waals surface area contributed by atoms with Crippen LogP contribution in [0.25, 0.3) is 0 Å². The van der Waals surface area contributed by atoms with Crippen LogP contribution >= 0.6 is 11.8 Å². The van der Waals surface area contributed by atoms with Gasteiger partial charge in [-0.25, -0.2) is 8.78 Å². The Hall–Kier alpha value is -1.10. The smallest absolute Gasteiger partial charge is 0.159 e. The lowest BCUT2D eigenvalue weighted by Gasteiger charge is -2.08. The molecule has 0 bridgehead atoms. The topological polar surface area (TPSA) is 24.4 Å². The molecule has 0 spiro atoms. The van der Waals surface area contributed by atoms with Gasteiger partial charge in [0.2, 0.25) is 0 Å². The van der Waals surface area contributed by atoms with E-state index in [1.807, 2.05) is 0 Å². The molecule has 0 aromatic heterocycles. The van der Waals surface area contributed by atoms with Crippen molar-refractivity contribution in [3.05, 3.63) is 35.4 Å². The van der Waals surface area contributed by atoms with E-state index in [0.29, 0.717) is 11.8 Å².